The predicted octanol–water partition coefficient (Wildman–Crippen LogP) is 6.29. The van der Waals surface area contributed by atoms with Crippen LogP contribution in [-0.4, -0.2) is 58.8 Å². The average Bonchev–Trinajstić information content (AvgIpc) is 3.34. The number of carbonyl (C=O) groups excluding carboxylic acids is 2. The average molecular weight is 567 g/mol. The van der Waals surface area contributed by atoms with Gasteiger partial charge in [-0.15, -0.1) is 0 Å². The SMILES string of the molecule is CC(C)N(C(=O)c1ccc(F)cc1Cl)[C@@H]1CCc2cc(F)c(C(=O)N(C)C3CCN(c4ccncc4)CC3)cc21. The zero-order valence-electron chi connectivity index (χ0n) is 22.9. The van der Waals surface area contributed by atoms with Crippen LogP contribution in [0.25, 0.3) is 0 Å². The van der Waals surface area contributed by atoms with Crippen LogP contribution in [-0.2, 0) is 6.42 Å². The van der Waals surface area contributed by atoms with Crippen molar-refractivity contribution < 1.29 is 18.4 Å². The maximum atomic E-state index is 15.3. The molecule has 1 aliphatic heterocycles. The van der Waals surface area contributed by atoms with Crippen LogP contribution in [0.3, 0.4) is 0 Å². The maximum Gasteiger partial charge on any atom is 0.256 e. The van der Waals surface area contributed by atoms with E-state index in [0.717, 1.165) is 48.8 Å². The number of aryl methyl sites for hydroxylation is 1. The number of amides is 2. The van der Waals surface area contributed by atoms with E-state index in [1.165, 1.54) is 18.2 Å². The first-order chi connectivity index (χ1) is 19.2. The van der Waals surface area contributed by atoms with Crippen molar-refractivity contribution in [2.75, 3.05) is 25.0 Å². The van der Waals surface area contributed by atoms with Gasteiger partial charge in [-0.25, -0.2) is 8.78 Å². The molecule has 2 heterocycles. The van der Waals surface area contributed by atoms with Gasteiger partial charge in [-0.3, -0.25) is 14.6 Å². The number of anilines is 1. The van der Waals surface area contributed by atoms with E-state index in [4.69, 9.17) is 11.6 Å². The third-order valence-corrected chi connectivity index (χ3v) is 8.47. The molecule has 1 saturated heterocycles. The van der Waals surface area contributed by atoms with Gasteiger partial charge in [0.2, 0.25) is 0 Å². The number of piperidine rings is 1. The van der Waals surface area contributed by atoms with E-state index in [1.54, 1.807) is 35.3 Å². The first-order valence-electron chi connectivity index (χ1n) is 13.7. The number of fused-ring (bicyclic) bond motifs is 1. The van der Waals surface area contributed by atoms with Crippen LogP contribution >= 0.6 is 11.6 Å². The van der Waals surface area contributed by atoms with E-state index in [-0.39, 0.29) is 46.1 Å². The normalized spacial score (nSPS) is 17.2. The Kier molecular flexibility index (Phi) is 8.08. The number of hydrogen-bond acceptors (Lipinski definition) is 4. The molecule has 2 aliphatic rings. The Morgan fingerprint density at radius 1 is 0.975 bits per heavy atom. The van der Waals surface area contributed by atoms with Gasteiger partial charge in [0.15, 0.2) is 0 Å². The lowest BCUT2D eigenvalue weighted by molar-refractivity contribution is 0.0606. The Morgan fingerprint density at radius 3 is 2.33 bits per heavy atom. The summed E-state index contributed by atoms with van der Waals surface area (Å²) in [5.74, 6) is -1.76. The molecule has 40 heavy (non-hydrogen) atoms. The van der Waals surface area contributed by atoms with Gasteiger partial charge in [0.1, 0.15) is 11.6 Å². The number of halogens is 3. The molecular weight excluding hydrogens is 534 g/mol. The lowest BCUT2D eigenvalue weighted by Crippen LogP contribution is -2.46. The largest absolute Gasteiger partial charge is 0.371 e. The molecule has 3 aromatic rings. The molecule has 2 amide bonds. The van der Waals surface area contributed by atoms with E-state index < -0.39 is 11.6 Å². The summed E-state index contributed by atoms with van der Waals surface area (Å²) < 4.78 is 28.9. The highest BCUT2D eigenvalue weighted by atomic mass is 35.5. The molecule has 1 aliphatic carbocycles. The summed E-state index contributed by atoms with van der Waals surface area (Å²) in [6.45, 7) is 5.38. The highest BCUT2D eigenvalue weighted by molar-refractivity contribution is 6.33. The summed E-state index contributed by atoms with van der Waals surface area (Å²) in [7, 11) is 1.74. The molecule has 0 bridgehead atoms. The fourth-order valence-corrected chi connectivity index (χ4v) is 6.27. The van der Waals surface area contributed by atoms with Crippen LogP contribution < -0.4 is 4.90 Å². The molecule has 0 unspecified atom stereocenters. The van der Waals surface area contributed by atoms with E-state index in [2.05, 4.69) is 9.88 Å². The molecule has 6 nitrogen and oxygen atoms in total. The number of rotatable bonds is 6. The molecule has 0 spiro atoms. The van der Waals surface area contributed by atoms with Crippen LogP contribution in [0.1, 0.15) is 71.0 Å². The van der Waals surface area contributed by atoms with Crippen molar-refractivity contribution in [2.24, 2.45) is 0 Å². The van der Waals surface area contributed by atoms with Crippen LogP contribution in [0.4, 0.5) is 14.5 Å². The zero-order chi connectivity index (χ0) is 28.6. The summed E-state index contributed by atoms with van der Waals surface area (Å²) in [5.41, 5.74) is 2.88. The monoisotopic (exact) mass is 566 g/mol. The fourth-order valence-electron chi connectivity index (χ4n) is 6.02. The van der Waals surface area contributed by atoms with Crippen molar-refractivity contribution in [3.63, 3.8) is 0 Å². The van der Waals surface area contributed by atoms with Crippen molar-refractivity contribution in [3.05, 3.63) is 93.8 Å². The molecule has 0 radical (unpaired) electrons. The second-order valence-corrected chi connectivity index (χ2v) is 11.3. The Balaban J connectivity index is 1.37. The lowest BCUT2D eigenvalue weighted by Gasteiger charge is -2.38. The van der Waals surface area contributed by atoms with Gasteiger partial charge in [-0.2, -0.15) is 0 Å². The second-order valence-electron chi connectivity index (χ2n) is 10.9. The number of nitrogens with zero attached hydrogens (tertiary/aromatic N) is 4. The molecule has 1 aromatic heterocycles. The number of hydrogen-bond donors (Lipinski definition) is 0. The molecule has 1 fully saturated rings. The van der Waals surface area contributed by atoms with Crippen LogP contribution in [0, 0.1) is 11.6 Å². The minimum absolute atomic E-state index is 0.0107. The zero-order valence-corrected chi connectivity index (χ0v) is 23.7. The van der Waals surface area contributed by atoms with E-state index in [1.807, 2.05) is 26.0 Å². The van der Waals surface area contributed by atoms with Crippen molar-refractivity contribution in [2.45, 2.75) is 57.7 Å². The van der Waals surface area contributed by atoms with Crippen molar-refractivity contribution >= 4 is 29.1 Å². The van der Waals surface area contributed by atoms with Crippen LogP contribution in [0.15, 0.2) is 54.9 Å². The molecule has 0 saturated carbocycles. The summed E-state index contributed by atoms with van der Waals surface area (Å²) in [6.07, 6.45) is 6.26. The first-order valence-corrected chi connectivity index (χ1v) is 14.1. The molecular formula is C31H33ClF2N4O2. The first kappa shape index (κ1) is 28.0. The standard InChI is InChI=1S/C31H33ClF2N4O2/c1-19(2)38(31(40)24-6-5-21(33)17-27(24)32)29-7-4-20-16-28(34)26(18-25(20)29)30(39)36(3)22-10-14-37(15-11-22)23-8-12-35-13-9-23/h5-6,8-9,12-13,16-19,22,29H,4,7,10-11,14-15H2,1-3H3/t29-/m1/s1. The number of pyridine rings is 1. The molecule has 9 heteroatoms. The smallest absolute Gasteiger partial charge is 0.256 e. The quantitative estimate of drug-likeness (QED) is 0.352. The lowest BCUT2D eigenvalue weighted by atomic mass is 9.98. The van der Waals surface area contributed by atoms with Crippen molar-refractivity contribution in [1.29, 1.82) is 0 Å². The summed E-state index contributed by atoms with van der Waals surface area (Å²) in [4.78, 5) is 36.9. The van der Waals surface area contributed by atoms with Crippen LogP contribution in [0.2, 0.25) is 5.02 Å². The molecule has 1 atom stereocenters. The van der Waals surface area contributed by atoms with E-state index in [9.17, 15) is 14.0 Å². The molecule has 0 N–H and O–H groups in total. The van der Waals surface area contributed by atoms with E-state index >= 15 is 4.39 Å². The highest BCUT2D eigenvalue weighted by Crippen LogP contribution is 2.40. The van der Waals surface area contributed by atoms with Crippen molar-refractivity contribution in [3.8, 4) is 0 Å². The molecule has 5 rings (SSSR count). The maximum absolute atomic E-state index is 15.3. The highest BCUT2D eigenvalue weighted by Gasteiger charge is 2.36. The number of carbonyl (C=O) groups is 2. The number of benzene rings is 2. The second kappa shape index (κ2) is 11.5. The Labute approximate surface area is 238 Å². The Hall–Kier alpha value is -3.52. The third kappa shape index (κ3) is 5.42. The summed E-state index contributed by atoms with van der Waals surface area (Å²) >= 11 is 6.23. The van der Waals surface area contributed by atoms with E-state index in [0.29, 0.717) is 12.8 Å². The van der Waals surface area contributed by atoms with Gasteiger partial charge in [-0.1, -0.05) is 11.6 Å². The third-order valence-electron chi connectivity index (χ3n) is 8.15. The van der Waals surface area contributed by atoms with Gasteiger partial charge in [-0.05, 0) is 93.1 Å². The predicted molar refractivity (Wildman–Crippen MR) is 152 cm³/mol. The van der Waals surface area contributed by atoms with Crippen molar-refractivity contribution in [1.82, 2.24) is 14.8 Å². The van der Waals surface area contributed by atoms with Gasteiger partial charge >= 0.3 is 0 Å². The van der Waals surface area contributed by atoms with Gasteiger partial charge in [0, 0.05) is 50.3 Å². The van der Waals surface area contributed by atoms with Gasteiger partial charge < -0.3 is 14.7 Å². The minimum atomic E-state index is -0.547. The minimum Gasteiger partial charge on any atom is -0.371 e. The summed E-state index contributed by atoms with van der Waals surface area (Å²) in [5, 5.41) is 0.0421. The molecule has 2 aromatic carbocycles. The van der Waals surface area contributed by atoms with Gasteiger partial charge in [0.05, 0.1) is 22.2 Å². The molecule has 210 valence electrons. The topological polar surface area (TPSA) is 56.8 Å². The van der Waals surface area contributed by atoms with Gasteiger partial charge in [0.25, 0.3) is 11.8 Å². The summed E-state index contributed by atoms with van der Waals surface area (Å²) in [6, 6.07) is 10.2. The number of aromatic nitrogens is 1. The Bertz CT molecular complexity index is 1410. The fraction of sp³-hybridized carbons (Fsp3) is 0.387. The Morgan fingerprint density at radius 2 is 1.68 bits per heavy atom. The van der Waals surface area contributed by atoms with Crippen LogP contribution in [0.5, 0.6) is 0 Å².